The van der Waals surface area contributed by atoms with Crippen molar-refractivity contribution in [2.24, 2.45) is 0 Å². The summed E-state index contributed by atoms with van der Waals surface area (Å²) in [6.07, 6.45) is 4.27. The Labute approximate surface area is 159 Å². The number of nitrogens with one attached hydrogen (secondary N) is 1. The number of aryl methyl sites for hydroxylation is 1. The van der Waals surface area contributed by atoms with E-state index in [9.17, 15) is 9.90 Å². The molecule has 1 aromatic heterocycles. The molecule has 0 fully saturated rings. The summed E-state index contributed by atoms with van der Waals surface area (Å²) < 4.78 is 1.89. The third-order valence-electron chi connectivity index (χ3n) is 4.44. The summed E-state index contributed by atoms with van der Waals surface area (Å²) in [7, 11) is 0. The quantitative estimate of drug-likeness (QED) is 0.668. The first-order valence-corrected chi connectivity index (χ1v) is 9.25. The van der Waals surface area contributed by atoms with E-state index in [4.69, 9.17) is 0 Å². The third-order valence-corrected chi connectivity index (χ3v) is 4.44. The Balaban J connectivity index is 1.64. The van der Waals surface area contributed by atoms with Crippen LogP contribution in [0.3, 0.4) is 0 Å². The molecule has 0 bridgehead atoms. The Kier molecular flexibility index (Phi) is 6.04. The van der Waals surface area contributed by atoms with Gasteiger partial charge in [0.25, 0.3) is 5.91 Å². The van der Waals surface area contributed by atoms with Crippen molar-refractivity contribution < 1.29 is 9.90 Å². The lowest BCUT2D eigenvalue weighted by Crippen LogP contribution is -2.22. The Bertz CT molecular complexity index is 898. The zero-order valence-electron chi connectivity index (χ0n) is 15.7. The highest BCUT2D eigenvalue weighted by molar-refractivity contribution is 5.94. The van der Waals surface area contributed by atoms with Crippen LogP contribution in [0.25, 0.3) is 11.1 Å². The van der Waals surface area contributed by atoms with Crippen LogP contribution >= 0.6 is 0 Å². The van der Waals surface area contributed by atoms with Gasteiger partial charge in [0.05, 0.1) is 12.3 Å². The smallest absolute Gasteiger partial charge is 0.251 e. The maximum absolute atomic E-state index is 12.4. The van der Waals surface area contributed by atoms with Crippen LogP contribution in [0.4, 0.5) is 0 Å². The average Bonchev–Trinajstić information content (AvgIpc) is 3.14. The molecule has 5 nitrogen and oxygen atoms in total. The molecular weight excluding hydrogens is 338 g/mol. The van der Waals surface area contributed by atoms with Crippen molar-refractivity contribution in [2.75, 3.05) is 0 Å². The highest BCUT2D eigenvalue weighted by Crippen LogP contribution is 2.23. The molecular formula is C22H25N3O2. The SMILES string of the molecule is CCCn1cc(CNC(=O)c2ccc(-c3cccc(C(C)O)c3)cc2)cn1. The van der Waals surface area contributed by atoms with Crippen molar-refractivity contribution in [3.8, 4) is 11.1 Å². The van der Waals surface area contributed by atoms with E-state index in [-0.39, 0.29) is 5.91 Å². The van der Waals surface area contributed by atoms with Crippen LogP contribution in [0.1, 0.15) is 47.9 Å². The summed E-state index contributed by atoms with van der Waals surface area (Å²) in [6.45, 7) is 5.19. The van der Waals surface area contributed by atoms with Gasteiger partial charge in [0, 0.05) is 30.4 Å². The molecule has 3 aromatic rings. The molecule has 2 N–H and O–H groups in total. The Morgan fingerprint density at radius 3 is 2.67 bits per heavy atom. The molecule has 3 rings (SSSR count). The van der Waals surface area contributed by atoms with Gasteiger partial charge < -0.3 is 10.4 Å². The Morgan fingerprint density at radius 1 is 1.19 bits per heavy atom. The van der Waals surface area contributed by atoms with Gasteiger partial charge in [0.1, 0.15) is 0 Å². The van der Waals surface area contributed by atoms with Crippen molar-refractivity contribution >= 4 is 5.91 Å². The lowest BCUT2D eigenvalue weighted by atomic mass is 10.00. The molecule has 5 heteroatoms. The van der Waals surface area contributed by atoms with E-state index in [1.165, 1.54) is 0 Å². The summed E-state index contributed by atoms with van der Waals surface area (Å²) in [5.41, 5.74) is 4.51. The van der Waals surface area contributed by atoms with E-state index >= 15 is 0 Å². The minimum absolute atomic E-state index is 0.109. The molecule has 0 spiro atoms. The second-order valence-corrected chi connectivity index (χ2v) is 6.67. The molecule has 1 unspecified atom stereocenters. The molecule has 0 saturated carbocycles. The predicted octanol–water partition coefficient (Wildman–Crippen LogP) is 3.94. The van der Waals surface area contributed by atoms with Crippen LogP contribution in [-0.4, -0.2) is 20.8 Å². The highest BCUT2D eigenvalue weighted by atomic mass is 16.3. The minimum atomic E-state index is -0.503. The van der Waals surface area contributed by atoms with Gasteiger partial charge in [-0.15, -0.1) is 0 Å². The van der Waals surface area contributed by atoms with Crippen molar-refractivity contribution in [1.82, 2.24) is 15.1 Å². The number of amides is 1. The average molecular weight is 363 g/mol. The molecule has 0 aliphatic heterocycles. The summed E-state index contributed by atoms with van der Waals surface area (Å²) in [5.74, 6) is -0.109. The standard InChI is InChI=1S/C22H25N3O2/c1-3-11-25-15-17(14-24-25)13-23-22(27)19-9-7-18(8-10-19)21-6-4-5-20(12-21)16(2)26/h4-10,12,14-16,26H,3,11,13H2,1-2H3,(H,23,27). The van der Waals surface area contributed by atoms with Crippen LogP contribution < -0.4 is 5.32 Å². The van der Waals surface area contributed by atoms with Crippen LogP contribution in [0, 0.1) is 0 Å². The van der Waals surface area contributed by atoms with E-state index in [0.29, 0.717) is 12.1 Å². The van der Waals surface area contributed by atoms with Gasteiger partial charge in [0.2, 0.25) is 0 Å². The number of nitrogens with zero attached hydrogens (tertiary/aromatic N) is 2. The van der Waals surface area contributed by atoms with E-state index in [0.717, 1.165) is 35.2 Å². The highest BCUT2D eigenvalue weighted by Gasteiger charge is 2.08. The second kappa shape index (κ2) is 8.64. The van der Waals surface area contributed by atoms with Crippen LogP contribution in [-0.2, 0) is 13.1 Å². The number of carbonyl (C=O) groups excluding carboxylic acids is 1. The van der Waals surface area contributed by atoms with Gasteiger partial charge in [-0.1, -0.05) is 37.3 Å². The first-order chi connectivity index (χ1) is 13.1. The molecule has 0 aliphatic rings. The fraction of sp³-hybridized carbons (Fsp3) is 0.273. The van der Waals surface area contributed by atoms with Gasteiger partial charge in [-0.3, -0.25) is 9.48 Å². The molecule has 1 amide bonds. The van der Waals surface area contributed by atoms with Crippen LogP contribution in [0.15, 0.2) is 60.9 Å². The first kappa shape index (κ1) is 18.9. The number of aliphatic hydroxyl groups is 1. The summed E-state index contributed by atoms with van der Waals surface area (Å²) >= 11 is 0. The molecule has 0 aliphatic carbocycles. The largest absolute Gasteiger partial charge is 0.389 e. The van der Waals surface area contributed by atoms with Crippen LogP contribution in [0.2, 0.25) is 0 Å². The minimum Gasteiger partial charge on any atom is -0.389 e. The number of benzene rings is 2. The Hall–Kier alpha value is -2.92. The maximum Gasteiger partial charge on any atom is 0.251 e. The van der Waals surface area contributed by atoms with E-state index < -0.39 is 6.10 Å². The topological polar surface area (TPSA) is 67.2 Å². The lowest BCUT2D eigenvalue weighted by Gasteiger charge is -2.09. The molecule has 27 heavy (non-hydrogen) atoms. The van der Waals surface area contributed by atoms with Gasteiger partial charge in [0.15, 0.2) is 0 Å². The maximum atomic E-state index is 12.4. The number of hydrogen-bond acceptors (Lipinski definition) is 3. The van der Waals surface area contributed by atoms with Crippen molar-refractivity contribution in [3.63, 3.8) is 0 Å². The fourth-order valence-corrected chi connectivity index (χ4v) is 2.93. The lowest BCUT2D eigenvalue weighted by molar-refractivity contribution is 0.0951. The summed E-state index contributed by atoms with van der Waals surface area (Å²) in [6, 6.07) is 15.3. The zero-order chi connectivity index (χ0) is 19.2. The van der Waals surface area contributed by atoms with Crippen molar-refractivity contribution in [2.45, 2.75) is 39.5 Å². The summed E-state index contributed by atoms with van der Waals surface area (Å²) in [4.78, 5) is 12.4. The normalized spacial score (nSPS) is 12.0. The van der Waals surface area contributed by atoms with Gasteiger partial charge in [-0.25, -0.2) is 0 Å². The first-order valence-electron chi connectivity index (χ1n) is 9.25. The number of aromatic nitrogens is 2. The van der Waals surface area contributed by atoms with Gasteiger partial charge in [-0.2, -0.15) is 5.10 Å². The van der Waals surface area contributed by atoms with E-state index in [2.05, 4.69) is 17.3 Å². The number of rotatable bonds is 7. The molecule has 1 heterocycles. The van der Waals surface area contributed by atoms with E-state index in [1.54, 1.807) is 13.1 Å². The molecule has 0 saturated heterocycles. The van der Waals surface area contributed by atoms with Crippen molar-refractivity contribution in [3.05, 3.63) is 77.6 Å². The molecule has 0 radical (unpaired) electrons. The third kappa shape index (κ3) is 4.83. The summed E-state index contributed by atoms with van der Waals surface area (Å²) in [5, 5.41) is 16.9. The zero-order valence-corrected chi connectivity index (χ0v) is 15.7. The number of hydrogen-bond donors (Lipinski definition) is 2. The Morgan fingerprint density at radius 2 is 1.96 bits per heavy atom. The van der Waals surface area contributed by atoms with Gasteiger partial charge in [-0.05, 0) is 48.2 Å². The van der Waals surface area contributed by atoms with Crippen LogP contribution in [0.5, 0.6) is 0 Å². The monoisotopic (exact) mass is 363 g/mol. The molecule has 140 valence electrons. The number of aliphatic hydroxyl groups excluding tert-OH is 1. The number of carbonyl (C=O) groups is 1. The molecule has 2 aromatic carbocycles. The fourth-order valence-electron chi connectivity index (χ4n) is 2.93. The van der Waals surface area contributed by atoms with E-state index in [1.807, 2.05) is 59.4 Å². The second-order valence-electron chi connectivity index (χ2n) is 6.67. The molecule has 1 atom stereocenters. The predicted molar refractivity (Wildman–Crippen MR) is 106 cm³/mol. The van der Waals surface area contributed by atoms with Gasteiger partial charge >= 0.3 is 0 Å². The van der Waals surface area contributed by atoms with Crippen molar-refractivity contribution in [1.29, 1.82) is 0 Å².